The number of benzene rings is 8. The molecule has 2 nitrogen and oxygen atoms in total. The zero-order valence-electron chi connectivity index (χ0n) is 29.5. The van der Waals surface area contributed by atoms with E-state index in [1.54, 1.807) is 0 Å². The lowest BCUT2D eigenvalue weighted by Gasteiger charge is -2.23. The zero-order chi connectivity index (χ0) is 35.3. The Balaban J connectivity index is 1.34. The molecule has 8 aromatic rings. The van der Waals surface area contributed by atoms with Crippen LogP contribution in [0.15, 0.2) is 170 Å². The van der Waals surface area contributed by atoms with E-state index in [1.807, 2.05) is 6.07 Å². The van der Waals surface area contributed by atoms with E-state index < -0.39 is 8.32 Å². The van der Waals surface area contributed by atoms with Crippen molar-refractivity contribution in [1.29, 1.82) is 0 Å². The average Bonchev–Trinajstić information content (AvgIpc) is 3.31. The van der Waals surface area contributed by atoms with Gasteiger partial charge < -0.3 is 9.16 Å². The number of rotatable bonds is 1. The summed E-state index contributed by atoms with van der Waals surface area (Å²) in [4.78, 5) is 0. The maximum atomic E-state index is 6.86. The Labute approximate surface area is 308 Å². The van der Waals surface area contributed by atoms with Crippen molar-refractivity contribution in [2.45, 2.75) is 13.1 Å². The molecule has 0 aromatic heterocycles. The predicted molar refractivity (Wildman–Crippen MR) is 227 cm³/mol. The molecular formula is C50H34O2Si. The van der Waals surface area contributed by atoms with Gasteiger partial charge in [0.25, 0.3) is 8.32 Å². The van der Waals surface area contributed by atoms with Gasteiger partial charge in [-0.25, -0.2) is 0 Å². The van der Waals surface area contributed by atoms with Crippen LogP contribution in [0.3, 0.4) is 0 Å². The summed E-state index contributed by atoms with van der Waals surface area (Å²) >= 11 is 0. The standard InChI is InChI=1S/C50H34O2Si/c1-53(2)47-27-10-9-25-45(47)51-50-32(20-13-26-46(50)52-53)31-28-29-39-35-16-5-8-19-38(35)41-22-11-21-40-36-17-6-3-14-33(36)34-15-4-7-18-37(34)42-23-12-24-43(44(39)30-31)49(42)48(40)41/h3-30H,1-2H3. The lowest BCUT2D eigenvalue weighted by Crippen LogP contribution is -2.47. The molecule has 1 aliphatic heterocycles. The monoisotopic (exact) mass is 694 g/mol. The number of fused-ring (bicyclic) bond motifs is 12. The summed E-state index contributed by atoms with van der Waals surface area (Å²) in [6, 6.07) is 62.1. The Morgan fingerprint density at radius 2 is 0.774 bits per heavy atom. The summed E-state index contributed by atoms with van der Waals surface area (Å²) in [5, 5.41) is 16.0. The van der Waals surface area contributed by atoms with Crippen LogP contribution in [0.4, 0.5) is 0 Å². The first-order valence-corrected chi connectivity index (χ1v) is 21.3. The quantitative estimate of drug-likeness (QED) is 0.159. The van der Waals surface area contributed by atoms with Gasteiger partial charge in [-0.3, -0.25) is 0 Å². The Hall–Kier alpha value is -6.42. The molecule has 0 bridgehead atoms. The van der Waals surface area contributed by atoms with Gasteiger partial charge in [-0.2, -0.15) is 0 Å². The Kier molecular flexibility index (Phi) is 6.44. The molecular weight excluding hydrogens is 661 g/mol. The Bertz CT molecular complexity index is 3160. The minimum Gasteiger partial charge on any atom is -0.537 e. The second kappa shape index (κ2) is 11.3. The van der Waals surface area contributed by atoms with Crippen molar-refractivity contribution in [1.82, 2.24) is 0 Å². The highest BCUT2D eigenvalue weighted by molar-refractivity contribution is 6.85. The molecule has 11 rings (SSSR count). The summed E-state index contributed by atoms with van der Waals surface area (Å²) in [5.74, 6) is 2.44. The maximum Gasteiger partial charge on any atom is 0.280 e. The first kappa shape index (κ1) is 30.2. The number of ether oxygens (including phenoxy) is 1. The summed E-state index contributed by atoms with van der Waals surface area (Å²) < 4.78 is 13.7. The third kappa shape index (κ3) is 4.44. The van der Waals surface area contributed by atoms with Crippen LogP contribution in [-0.2, 0) is 0 Å². The van der Waals surface area contributed by atoms with Gasteiger partial charge in [-0.1, -0.05) is 152 Å². The minimum atomic E-state index is -2.29. The number of hydrogen-bond acceptors (Lipinski definition) is 2. The van der Waals surface area contributed by atoms with Crippen molar-refractivity contribution < 1.29 is 9.16 Å². The predicted octanol–water partition coefficient (Wildman–Crippen LogP) is 13.5. The van der Waals surface area contributed by atoms with E-state index in [9.17, 15) is 0 Å². The molecule has 2 aliphatic carbocycles. The minimum absolute atomic E-state index is 0.769. The number of hydrogen-bond donors (Lipinski definition) is 0. The summed E-state index contributed by atoms with van der Waals surface area (Å²) in [5.41, 5.74) is 4.64. The van der Waals surface area contributed by atoms with E-state index in [4.69, 9.17) is 9.16 Å². The molecule has 1 heterocycles. The molecule has 0 N–H and O–H groups in total. The van der Waals surface area contributed by atoms with Crippen LogP contribution in [0.25, 0.3) is 86.9 Å². The van der Waals surface area contributed by atoms with E-state index >= 15 is 0 Å². The van der Waals surface area contributed by atoms with E-state index in [-0.39, 0.29) is 0 Å². The van der Waals surface area contributed by atoms with E-state index in [1.165, 1.54) is 75.8 Å². The molecule has 250 valence electrons. The van der Waals surface area contributed by atoms with E-state index in [2.05, 4.69) is 177 Å². The Morgan fingerprint density at radius 3 is 1.34 bits per heavy atom. The molecule has 0 unspecified atom stereocenters. The molecule has 0 atom stereocenters. The molecule has 0 radical (unpaired) electrons. The molecule has 0 fully saturated rings. The molecule has 0 spiro atoms. The maximum absolute atomic E-state index is 6.86. The molecule has 3 aliphatic rings. The summed E-state index contributed by atoms with van der Waals surface area (Å²) in [6.07, 6.45) is 0. The molecule has 8 aromatic carbocycles. The van der Waals surface area contributed by atoms with Crippen LogP contribution in [0.1, 0.15) is 0 Å². The zero-order valence-corrected chi connectivity index (χ0v) is 30.5. The van der Waals surface area contributed by atoms with Gasteiger partial charge in [0.1, 0.15) is 11.5 Å². The van der Waals surface area contributed by atoms with Crippen LogP contribution >= 0.6 is 0 Å². The largest absolute Gasteiger partial charge is 0.537 e. The van der Waals surface area contributed by atoms with Gasteiger partial charge in [0.05, 0.1) is 0 Å². The molecule has 0 saturated carbocycles. The second-order valence-electron chi connectivity index (χ2n) is 14.7. The van der Waals surface area contributed by atoms with Crippen LogP contribution < -0.4 is 14.3 Å². The highest BCUT2D eigenvalue weighted by Crippen LogP contribution is 2.49. The van der Waals surface area contributed by atoms with Crippen molar-refractivity contribution in [3.05, 3.63) is 170 Å². The molecule has 0 amide bonds. The van der Waals surface area contributed by atoms with Gasteiger partial charge in [0.15, 0.2) is 5.75 Å². The van der Waals surface area contributed by atoms with Crippen LogP contribution in [0, 0.1) is 0 Å². The lowest BCUT2D eigenvalue weighted by atomic mass is 9.83. The first-order chi connectivity index (χ1) is 26.0. The van der Waals surface area contributed by atoms with Crippen molar-refractivity contribution >= 4 is 78.1 Å². The molecule has 0 saturated heterocycles. The average molecular weight is 695 g/mol. The van der Waals surface area contributed by atoms with Gasteiger partial charge in [0.2, 0.25) is 0 Å². The van der Waals surface area contributed by atoms with Crippen molar-refractivity contribution in [2.75, 3.05) is 0 Å². The molecule has 53 heavy (non-hydrogen) atoms. The SMILES string of the molecule is C[Si]1(C)Oc2cccc(-c3ccc4c(c3)c3cccc5c3-c3c(cccc3c3ccccc34)c3ccccc3c3ccccc53)c2Oc2ccccc21. The van der Waals surface area contributed by atoms with Crippen molar-refractivity contribution in [3.63, 3.8) is 0 Å². The third-order valence-corrected chi connectivity index (χ3v) is 13.8. The van der Waals surface area contributed by atoms with Crippen molar-refractivity contribution in [2.24, 2.45) is 0 Å². The van der Waals surface area contributed by atoms with Crippen LogP contribution in [0.2, 0.25) is 13.1 Å². The third-order valence-electron chi connectivity index (χ3n) is 11.3. The van der Waals surface area contributed by atoms with E-state index in [0.717, 1.165) is 33.6 Å². The topological polar surface area (TPSA) is 18.5 Å². The van der Waals surface area contributed by atoms with E-state index in [0.29, 0.717) is 0 Å². The lowest BCUT2D eigenvalue weighted by molar-refractivity contribution is 0.464. The summed E-state index contributed by atoms with van der Waals surface area (Å²) in [7, 11) is -2.29. The van der Waals surface area contributed by atoms with Gasteiger partial charge >= 0.3 is 0 Å². The van der Waals surface area contributed by atoms with Gasteiger partial charge in [-0.05, 0) is 113 Å². The van der Waals surface area contributed by atoms with Gasteiger partial charge in [0, 0.05) is 10.8 Å². The fourth-order valence-corrected chi connectivity index (χ4v) is 11.0. The highest BCUT2D eigenvalue weighted by Gasteiger charge is 2.35. The van der Waals surface area contributed by atoms with Crippen LogP contribution in [0.5, 0.6) is 17.2 Å². The summed E-state index contributed by atoms with van der Waals surface area (Å²) in [6.45, 7) is 4.48. The second-order valence-corrected chi connectivity index (χ2v) is 18.5. The van der Waals surface area contributed by atoms with Gasteiger partial charge in [-0.15, -0.1) is 0 Å². The fourth-order valence-electron chi connectivity index (χ4n) is 8.99. The normalized spacial score (nSPS) is 13.5. The Morgan fingerprint density at radius 1 is 0.358 bits per heavy atom. The first-order valence-electron chi connectivity index (χ1n) is 18.3. The van der Waals surface area contributed by atoms with Crippen molar-refractivity contribution in [3.8, 4) is 39.5 Å². The smallest absolute Gasteiger partial charge is 0.280 e. The fraction of sp³-hybridized carbons (Fsp3) is 0.0400. The highest BCUT2D eigenvalue weighted by atomic mass is 28.4. The number of para-hydroxylation sites is 2. The molecule has 3 heteroatoms. The van der Waals surface area contributed by atoms with Crippen LogP contribution in [-0.4, -0.2) is 8.32 Å².